The minimum atomic E-state index is -0.439. The molecule has 0 bridgehead atoms. The first-order valence-corrected chi connectivity index (χ1v) is 6.45. The number of hydrogen-bond acceptors (Lipinski definition) is 3. The maximum atomic E-state index is 12.1. The normalized spacial score (nSPS) is 18.3. The van der Waals surface area contributed by atoms with Crippen molar-refractivity contribution in [2.75, 3.05) is 13.6 Å². The molecular weight excluding hydrogens is 242 g/mol. The van der Waals surface area contributed by atoms with Crippen LogP contribution in [0.2, 0.25) is 0 Å². The highest BCUT2D eigenvalue weighted by Gasteiger charge is 2.24. The summed E-state index contributed by atoms with van der Waals surface area (Å²) in [5, 5.41) is 3.19. The second kappa shape index (κ2) is 5.84. The number of nitrogens with one attached hydrogen (secondary N) is 1. The standard InChI is InChI=1S/C14H19N3O2/c1-17(14(19)12-3-2-8-16-12)9-10-4-6-11(7-5-10)13(15)18/h4-7,12,16H,2-3,8-9H2,1H3,(H2,15,18). The van der Waals surface area contributed by atoms with Crippen molar-refractivity contribution in [1.82, 2.24) is 10.2 Å². The van der Waals surface area contributed by atoms with Gasteiger partial charge >= 0.3 is 0 Å². The summed E-state index contributed by atoms with van der Waals surface area (Å²) in [7, 11) is 1.80. The number of carbonyl (C=O) groups is 2. The molecule has 1 unspecified atom stereocenters. The number of amides is 2. The zero-order valence-electron chi connectivity index (χ0n) is 11.1. The predicted molar refractivity (Wildman–Crippen MR) is 72.5 cm³/mol. The molecule has 0 aliphatic carbocycles. The molecule has 1 aromatic carbocycles. The van der Waals surface area contributed by atoms with E-state index in [1.807, 2.05) is 12.1 Å². The highest BCUT2D eigenvalue weighted by Crippen LogP contribution is 2.11. The molecule has 1 saturated heterocycles. The first kappa shape index (κ1) is 13.5. The van der Waals surface area contributed by atoms with E-state index in [2.05, 4.69) is 5.32 Å². The fraction of sp³-hybridized carbons (Fsp3) is 0.429. The van der Waals surface area contributed by atoms with Crippen LogP contribution < -0.4 is 11.1 Å². The first-order valence-electron chi connectivity index (χ1n) is 6.45. The van der Waals surface area contributed by atoms with Crippen molar-refractivity contribution < 1.29 is 9.59 Å². The van der Waals surface area contributed by atoms with E-state index in [1.165, 1.54) is 0 Å². The second-order valence-electron chi connectivity index (χ2n) is 4.90. The number of nitrogens with two attached hydrogens (primary N) is 1. The van der Waals surface area contributed by atoms with Crippen molar-refractivity contribution in [2.45, 2.75) is 25.4 Å². The molecule has 5 nitrogen and oxygen atoms in total. The Hall–Kier alpha value is -1.88. The molecule has 2 rings (SSSR count). The van der Waals surface area contributed by atoms with Gasteiger partial charge in [-0.25, -0.2) is 0 Å². The molecule has 1 fully saturated rings. The first-order chi connectivity index (χ1) is 9.08. The van der Waals surface area contributed by atoms with E-state index in [4.69, 9.17) is 5.73 Å². The van der Waals surface area contributed by atoms with Crippen LogP contribution in [0.1, 0.15) is 28.8 Å². The van der Waals surface area contributed by atoms with Gasteiger partial charge in [0, 0.05) is 19.2 Å². The van der Waals surface area contributed by atoms with E-state index in [9.17, 15) is 9.59 Å². The molecule has 0 radical (unpaired) electrons. The minimum absolute atomic E-state index is 0.0464. The third kappa shape index (κ3) is 3.32. The van der Waals surface area contributed by atoms with Gasteiger partial charge in [0.1, 0.15) is 0 Å². The van der Waals surface area contributed by atoms with Gasteiger partial charge in [-0.05, 0) is 37.1 Å². The Morgan fingerprint density at radius 3 is 2.58 bits per heavy atom. The number of rotatable bonds is 4. The molecule has 1 aliphatic heterocycles. The summed E-state index contributed by atoms with van der Waals surface area (Å²) >= 11 is 0. The molecule has 1 heterocycles. The van der Waals surface area contributed by atoms with Crippen molar-refractivity contribution in [3.63, 3.8) is 0 Å². The number of hydrogen-bond donors (Lipinski definition) is 2. The number of likely N-dealkylation sites (N-methyl/N-ethyl adjacent to an activating group) is 1. The van der Waals surface area contributed by atoms with Crippen LogP contribution in [0, 0.1) is 0 Å². The highest BCUT2D eigenvalue weighted by atomic mass is 16.2. The third-order valence-electron chi connectivity index (χ3n) is 3.39. The van der Waals surface area contributed by atoms with E-state index in [-0.39, 0.29) is 11.9 Å². The van der Waals surface area contributed by atoms with Crippen LogP contribution >= 0.6 is 0 Å². The molecule has 1 aliphatic rings. The monoisotopic (exact) mass is 261 g/mol. The summed E-state index contributed by atoms with van der Waals surface area (Å²) in [4.78, 5) is 24.8. The minimum Gasteiger partial charge on any atom is -0.366 e. The third-order valence-corrected chi connectivity index (χ3v) is 3.39. The van der Waals surface area contributed by atoms with Crippen LogP contribution in [-0.2, 0) is 11.3 Å². The van der Waals surface area contributed by atoms with Crippen LogP contribution in [-0.4, -0.2) is 36.3 Å². The van der Waals surface area contributed by atoms with Gasteiger partial charge in [0.05, 0.1) is 6.04 Å². The lowest BCUT2D eigenvalue weighted by molar-refractivity contribution is -0.132. The SMILES string of the molecule is CN(Cc1ccc(C(N)=O)cc1)C(=O)C1CCCN1. The lowest BCUT2D eigenvalue weighted by atomic mass is 10.1. The van der Waals surface area contributed by atoms with Crippen LogP contribution in [0.3, 0.4) is 0 Å². The fourth-order valence-electron chi connectivity index (χ4n) is 2.29. The van der Waals surface area contributed by atoms with Gasteiger partial charge < -0.3 is 16.0 Å². The summed E-state index contributed by atoms with van der Waals surface area (Å²) in [6.07, 6.45) is 1.96. The largest absolute Gasteiger partial charge is 0.366 e. The van der Waals surface area contributed by atoms with Crippen molar-refractivity contribution >= 4 is 11.8 Å². The lowest BCUT2D eigenvalue weighted by Gasteiger charge is -2.21. The highest BCUT2D eigenvalue weighted by molar-refractivity contribution is 5.92. The quantitative estimate of drug-likeness (QED) is 0.828. The smallest absolute Gasteiger partial charge is 0.248 e. The summed E-state index contributed by atoms with van der Waals surface area (Å²) in [6, 6.07) is 6.97. The van der Waals surface area contributed by atoms with Crippen LogP contribution in [0.5, 0.6) is 0 Å². The van der Waals surface area contributed by atoms with Crippen molar-refractivity contribution in [3.05, 3.63) is 35.4 Å². The molecule has 0 saturated carbocycles. The molecule has 5 heteroatoms. The van der Waals surface area contributed by atoms with Gasteiger partial charge in [0.25, 0.3) is 0 Å². The molecule has 2 amide bonds. The Bertz CT molecular complexity index is 464. The van der Waals surface area contributed by atoms with Gasteiger partial charge in [-0.3, -0.25) is 9.59 Å². The van der Waals surface area contributed by atoms with Crippen molar-refractivity contribution in [2.24, 2.45) is 5.73 Å². The van der Waals surface area contributed by atoms with Crippen LogP contribution in [0.25, 0.3) is 0 Å². The number of carbonyl (C=O) groups excluding carboxylic acids is 2. The summed E-state index contributed by atoms with van der Waals surface area (Å²) in [5.74, 6) is -0.317. The van der Waals surface area contributed by atoms with Gasteiger partial charge in [-0.2, -0.15) is 0 Å². The van der Waals surface area contributed by atoms with E-state index in [1.54, 1.807) is 24.1 Å². The molecular formula is C14H19N3O2. The van der Waals surface area contributed by atoms with E-state index in [0.717, 1.165) is 24.9 Å². The maximum Gasteiger partial charge on any atom is 0.248 e. The Morgan fingerprint density at radius 2 is 2.05 bits per heavy atom. The molecule has 19 heavy (non-hydrogen) atoms. The van der Waals surface area contributed by atoms with E-state index >= 15 is 0 Å². The Morgan fingerprint density at radius 1 is 1.37 bits per heavy atom. The Kier molecular flexibility index (Phi) is 4.16. The topological polar surface area (TPSA) is 75.4 Å². The molecule has 1 aromatic rings. The number of primary amides is 1. The lowest BCUT2D eigenvalue weighted by Crippen LogP contribution is -2.41. The molecule has 0 spiro atoms. The van der Waals surface area contributed by atoms with E-state index in [0.29, 0.717) is 12.1 Å². The van der Waals surface area contributed by atoms with Gasteiger partial charge in [0.2, 0.25) is 11.8 Å². The van der Waals surface area contributed by atoms with Crippen molar-refractivity contribution in [1.29, 1.82) is 0 Å². The van der Waals surface area contributed by atoms with Crippen molar-refractivity contribution in [3.8, 4) is 0 Å². The summed E-state index contributed by atoms with van der Waals surface area (Å²) < 4.78 is 0. The molecule has 102 valence electrons. The van der Waals surface area contributed by atoms with Crippen LogP contribution in [0.4, 0.5) is 0 Å². The van der Waals surface area contributed by atoms with Gasteiger partial charge in [-0.15, -0.1) is 0 Å². The van der Waals surface area contributed by atoms with Gasteiger partial charge in [0.15, 0.2) is 0 Å². The number of nitrogens with zero attached hydrogens (tertiary/aromatic N) is 1. The second-order valence-corrected chi connectivity index (χ2v) is 4.90. The summed E-state index contributed by atoms with van der Waals surface area (Å²) in [6.45, 7) is 1.45. The fourth-order valence-corrected chi connectivity index (χ4v) is 2.29. The Balaban J connectivity index is 1.96. The zero-order valence-corrected chi connectivity index (χ0v) is 11.1. The Labute approximate surface area is 112 Å². The maximum absolute atomic E-state index is 12.1. The summed E-state index contributed by atoms with van der Waals surface area (Å²) in [5.41, 5.74) is 6.65. The molecule has 3 N–H and O–H groups in total. The molecule has 1 atom stereocenters. The molecule has 0 aromatic heterocycles. The average Bonchev–Trinajstić information content (AvgIpc) is 2.92. The average molecular weight is 261 g/mol. The number of benzene rings is 1. The predicted octanol–water partition coefficient (Wildman–Crippen LogP) is 0.496. The van der Waals surface area contributed by atoms with Crippen LogP contribution in [0.15, 0.2) is 24.3 Å². The zero-order chi connectivity index (χ0) is 13.8. The van der Waals surface area contributed by atoms with E-state index < -0.39 is 5.91 Å². The van der Waals surface area contributed by atoms with Gasteiger partial charge in [-0.1, -0.05) is 12.1 Å².